The number of benzene rings is 2. The molecule has 7 heteroatoms. The first-order valence-electron chi connectivity index (χ1n) is 8.64. The van der Waals surface area contributed by atoms with Gasteiger partial charge in [0.1, 0.15) is 17.7 Å². The molecule has 1 aliphatic rings. The van der Waals surface area contributed by atoms with Crippen LogP contribution in [0.25, 0.3) is 0 Å². The van der Waals surface area contributed by atoms with Gasteiger partial charge in [-0.3, -0.25) is 9.59 Å². The smallest absolute Gasteiger partial charge is 0.242 e. The Bertz CT molecular complexity index is 852. The molecule has 27 heavy (non-hydrogen) atoms. The average molecular weight is 374 g/mol. The Hall–Kier alpha value is -2.80. The summed E-state index contributed by atoms with van der Waals surface area (Å²) in [6.07, 6.45) is -0.529. The van der Waals surface area contributed by atoms with Crippen molar-refractivity contribution in [3.05, 3.63) is 70.8 Å². The zero-order valence-electron chi connectivity index (χ0n) is 14.7. The molecule has 5 nitrogen and oxygen atoms in total. The molecule has 0 radical (unpaired) electrons. The number of halogens is 2. The fourth-order valence-corrected chi connectivity index (χ4v) is 3.28. The summed E-state index contributed by atoms with van der Waals surface area (Å²) in [5, 5.41) is 15.4. The van der Waals surface area contributed by atoms with Gasteiger partial charge < -0.3 is 15.7 Å². The fourth-order valence-electron chi connectivity index (χ4n) is 3.28. The van der Waals surface area contributed by atoms with E-state index in [0.717, 1.165) is 29.3 Å². The molecular weight excluding hydrogens is 354 g/mol. The summed E-state index contributed by atoms with van der Waals surface area (Å²) >= 11 is 0. The maximum Gasteiger partial charge on any atom is 0.242 e. The molecule has 0 heterocycles. The maximum absolute atomic E-state index is 13.2. The number of aliphatic hydroxyl groups is 1. The molecule has 0 bridgehead atoms. The van der Waals surface area contributed by atoms with Gasteiger partial charge in [0.25, 0.3) is 0 Å². The van der Waals surface area contributed by atoms with Crippen molar-refractivity contribution in [3.63, 3.8) is 0 Å². The van der Waals surface area contributed by atoms with Crippen LogP contribution < -0.4 is 10.6 Å². The van der Waals surface area contributed by atoms with Gasteiger partial charge in [-0.25, -0.2) is 8.78 Å². The molecule has 2 amide bonds. The van der Waals surface area contributed by atoms with Crippen molar-refractivity contribution in [2.45, 2.75) is 38.0 Å². The molecular formula is C20H20F2N2O3. The summed E-state index contributed by atoms with van der Waals surface area (Å²) in [7, 11) is 0. The van der Waals surface area contributed by atoms with Gasteiger partial charge in [-0.1, -0.05) is 24.3 Å². The average Bonchev–Trinajstić information content (AvgIpc) is 2.89. The van der Waals surface area contributed by atoms with Crippen LogP contribution in [0.2, 0.25) is 0 Å². The fraction of sp³-hybridized carbons (Fsp3) is 0.300. The molecule has 2 aromatic rings. The van der Waals surface area contributed by atoms with Gasteiger partial charge >= 0.3 is 0 Å². The van der Waals surface area contributed by atoms with Gasteiger partial charge in [0, 0.05) is 12.5 Å². The Balaban J connectivity index is 1.58. The molecule has 3 rings (SSSR count). The Morgan fingerprint density at radius 2 is 1.85 bits per heavy atom. The quantitative estimate of drug-likeness (QED) is 0.747. The summed E-state index contributed by atoms with van der Waals surface area (Å²) in [5.74, 6) is -2.51. The molecule has 2 aromatic carbocycles. The van der Waals surface area contributed by atoms with E-state index in [9.17, 15) is 23.5 Å². The van der Waals surface area contributed by atoms with Gasteiger partial charge in [0.15, 0.2) is 0 Å². The highest BCUT2D eigenvalue weighted by molar-refractivity contribution is 5.88. The van der Waals surface area contributed by atoms with E-state index >= 15 is 0 Å². The lowest BCUT2D eigenvalue weighted by Gasteiger charge is -2.21. The van der Waals surface area contributed by atoms with Gasteiger partial charge in [-0.2, -0.15) is 0 Å². The molecule has 3 atom stereocenters. The number of carbonyl (C=O) groups excluding carboxylic acids is 2. The van der Waals surface area contributed by atoms with Crippen molar-refractivity contribution in [3.8, 4) is 0 Å². The third-order valence-corrected chi connectivity index (χ3v) is 4.56. The van der Waals surface area contributed by atoms with Gasteiger partial charge in [0.2, 0.25) is 11.8 Å². The first-order chi connectivity index (χ1) is 12.8. The van der Waals surface area contributed by atoms with Crippen LogP contribution in [0.3, 0.4) is 0 Å². The topological polar surface area (TPSA) is 78.4 Å². The minimum Gasteiger partial charge on any atom is -0.390 e. The van der Waals surface area contributed by atoms with Crippen LogP contribution in [0, 0.1) is 11.6 Å². The first-order valence-corrected chi connectivity index (χ1v) is 8.64. The lowest BCUT2D eigenvalue weighted by atomic mass is 10.1. The first kappa shape index (κ1) is 19.0. The molecule has 0 saturated heterocycles. The van der Waals surface area contributed by atoms with Crippen LogP contribution in [0.1, 0.15) is 29.7 Å². The van der Waals surface area contributed by atoms with Crippen LogP contribution in [-0.4, -0.2) is 29.1 Å². The van der Waals surface area contributed by atoms with E-state index in [1.54, 1.807) is 0 Å². The van der Waals surface area contributed by atoms with Crippen molar-refractivity contribution in [1.82, 2.24) is 10.6 Å². The van der Waals surface area contributed by atoms with E-state index in [-0.39, 0.29) is 12.0 Å². The Labute approximate surface area is 155 Å². The predicted octanol–water partition coefficient (Wildman–Crippen LogP) is 1.79. The number of hydrogen-bond donors (Lipinski definition) is 3. The lowest BCUT2D eigenvalue weighted by Crippen LogP contribution is -2.47. The van der Waals surface area contributed by atoms with Crippen LogP contribution in [0.15, 0.2) is 42.5 Å². The zero-order valence-corrected chi connectivity index (χ0v) is 14.7. The molecule has 3 N–H and O–H groups in total. The minimum atomic E-state index is -0.865. The largest absolute Gasteiger partial charge is 0.390 e. The van der Waals surface area contributed by atoms with Crippen molar-refractivity contribution >= 4 is 11.8 Å². The standard InChI is InChI=1S/C20H20F2N2O3/c1-11(23-18(26)8-12-6-14(21)10-15(22)7-12)20(27)24-19-16-5-3-2-4-13(16)9-17(19)25/h2-7,10-11,17,19,25H,8-9H2,1H3,(H,23,26)(H,24,27)/t11-,17-,19+/m0/s1. The Morgan fingerprint density at radius 3 is 2.56 bits per heavy atom. The Kier molecular flexibility index (Phi) is 5.51. The summed E-state index contributed by atoms with van der Waals surface area (Å²) in [4.78, 5) is 24.5. The third-order valence-electron chi connectivity index (χ3n) is 4.56. The van der Waals surface area contributed by atoms with Crippen LogP contribution in [0.4, 0.5) is 8.78 Å². The van der Waals surface area contributed by atoms with Crippen LogP contribution >= 0.6 is 0 Å². The molecule has 0 unspecified atom stereocenters. The summed E-state index contributed by atoms with van der Waals surface area (Å²) in [6, 6.07) is 8.90. The molecule has 0 fully saturated rings. The summed E-state index contributed by atoms with van der Waals surface area (Å²) in [6.45, 7) is 1.51. The van der Waals surface area contributed by atoms with E-state index in [1.807, 2.05) is 24.3 Å². The number of rotatable bonds is 5. The molecule has 0 aliphatic heterocycles. The molecule has 0 spiro atoms. The second kappa shape index (κ2) is 7.84. The monoisotopic (exact) mass is 374 g/mol. The second-order valence-electron chi connectivity index (χ2n) is 6.70. The second-order valence-corrected chi connectivity index (χ2v) is 6.70. The van der Waals surface area contributed by atoms with Gasteiger partial charge in [0.05, 0.1) is 18.6 Å². The number of amides is 2. The molecule has 0 saturated carbocycles. The van der Waals surface area contributed by atoms with Crippen molar-refractivity contribution in [1.29, 1.82) is 0 Å². The highest BCUT2D eigenvalue weighted by Crippen LogP contribution is 2.31. The highest BCUT2D eigenvalue weighted by Gasteiger charge is 2.32. The molecule has 0 aromatic heterocycles. The minimum absolute atomic E-state index is 0.178. The van der Waals surface area contributed by atoms with Crippen molar-refractivity contribution in [2.75, 3.05) is 0 Å². The highest BCUT2D eigenvalue weighted by atomic mass is 19.1. The Morgan fingerprint density at radius 1 is 1.19 bits per heavy atom. The molecule has 142 valence electrons. The SMILES string of the molecule is C[C@H](NC(=O)Cc1cc(F)cc(F)c1)C(=O)N[C@@H]1c2ccccc2C[C@@H]1O. The number of hydrogen-bond acceptors (Lipinski definition) is 3. The third kappa shape index (κ3) is 4.49. The number of carbonyl (C=O) groups is 2. The maximum atomic E-state index is 13.2. The number of fused-ring (bicyclic) bond motifs is 1. The van der Waals surface area contributed by atoms with Crippen molar-refractivity contribution < 1.29 is 23.5 Å². The zero-order chi connectivity index (χ0) is 19.6. The number of aliphatic hydroxyl groups excluding tert-OH is 1. The molecule has 1 aliphatic carbocycles. The van der Waals surface area contributed by atoms with Crippen molar-refractivity contribution in [2.24, 2.45) is 0 Å². The summed E-state index contributed by atoms with van der Waals surface area (Å²) < 4.78 is 26.4. The van der Waals surface area contributed by atoms with Crippen LogP contribution in [-0.2, 0) is 22.4 Å². The van der Waals surface area contributed by atoms with E-state index in [1.165, 1.54) is 6.92 Å². The summed E-state index contributed by atoms with van der Waals surface area (Å²) in [5.41, 5.74) is 2.00. The van der Waals surface area contributed by atoms with Gasteiger partial charge in [-0.15, -0.1) is 0 Å². The lowest BCUT2D eigenvalue weighted by molar-refractivity contribution is -0.129. The predicted molar refractivity (Wildman–Crippen MR) is 94.7 cm³/mol. The van der Waals surface area contributed by atoms with Gasteiger partial charge in [-0.05, 0) is 35.7 Å². The van der Waals surface area contributed by atoms with E-state index in [0.29, 0.717) is 6.42 Å². The van der Waals surface area contributed by atoms with E-state index in [4.69, 9.17) is 0 Å². The van der Waals surface area contributed by atoms with E-state index < -0.39 is 41.6 Å². The van der Waals surface area contributed by atoms with Crippen LogP contribution in [0.5, 0.6) is 0 Å². The normalized spacial score (nSPS) is 19.3. The number of nitrogens with one attached hydrogen (secondary N) is 2. The van der Waals surface area contributed by atoms with E-state index in [2.05, 4.69) is 10.6 Å².